The molecule has 0 heterocycles. The summed E-state index contributed by atoms with van der Waals surface area (Å²) >= 11 is 5.92. The van der Waals surface area contributed by atoms with E-state index in [1.807, 2.05) is 18.2 Å². The Hall–Kier alpha value is -0.740. The second-order valence-electron chi connectivity index (χ2n) is 5.65. The van der Waals surface area contributed by atoms with E-state index < -0.39 is 12.1 Å². The molecule has 20 heavy (non-hydrogen) atoms. The van der Waals surface area contributed by atoms with Gasteiger partial charge in [0.1, 0.15) is 0 Å². The van der Waals surface area contributed by atoms with Gasteiger partial charge in [0.25, 0.3) is 0 Å². The van der Waals surface area contributed by atoms with Gasteiger partial charge in [-0.15, -0.1) is 0 Å². The van der Waals surface area contributed by atoms with E-state index in [-0.39, 0.29) is 24.8 Å². The van der Waals surface area contributed by atoms with Crippen molar-refractivity contribution in [3.05, 3.63) is 34.9 Å². The fourth-order valence-electron chi connectivity index (χ4n) is 2.98. The maximum Gasteiger partial charge on any atom is 0.391 e. The molecule has 112 valence electrons. The van der Waals surface area contributed by atoms with Crippen LogP contribution in [0.3, 0.4) is 0 Å². The van der Waals surface area contributed by atoms with E-state index in [1.54, 1.807) is 6.07 Å². The second-order valence-corrected chi connectivity index (χ2v) is 6.09. The largest absolute Gasteiger partial charge is 0.391 e. The van der Waals surface area contributed by atoms with Crippen molar-refractivity contribution in [3.8, 4) is 0 Å². The van der Waals surface area contributed by atoms with E-state index in [0.29, 0.717) is 24.3 Å². The summed E-state index contributed by atoms with van der Waals surface area (Å²) in [5, 5.41) is 0.662. The lowest BCUT2D eigenvalue weighted by molar-refractivity contribution is -0.184. The van der Waals surface area contributed by atoms with Gasteiger partial charge >= 0.3 is 6.18 Å². The van der Waals surface area contributed by atoms with Crippen LogP contribution in [0.25, 0.3) is 0 Å². The zero-order valence-corrected chi connectivity index (χ0v) is 11.9. The SMILES string of the molecule is NC(Cc1cccc(Cl)c1)C1CCC(C(F)(F)F)CC1. The highest BCUT2D eigenvalue weighted by Gasteiger charge is 2.42. The Kier molecular flexibility index (Phi) is 4.97. The first-order valence-corrected chi connectivity index (χ1v) is 7.31. The van der Waals surface area contributed by atoms with Crippen LogP contribution in [0.1, 0.15) is 31.2 Å². The summed E-state index contributed by atoms with van der Waals surface area (Å²) in [4.78, 5) is 0. The van der Waals surface area contributed by atoms with Gasteiger partial charge in [0.15, 0.2) is 0 Å². The van der Waals surface area contributed by atoms with Gasteiger partial charge in [0.2, 0.25) is 0 Å². The first-order valence-electron chi connectivity index (χ1n) is 6.93. The molecule has 0 aliphatic heterocycles. The molecule has 5 heteroatoms. The van der Waals surface area contributed by atoms with Crippen LogP contribution < -0.4 is 5.73 Å². The van der Waals surface area contributed by atoms with Gasteiger partial charge in [0, 0.05) is 11.1 Å². The first-order chi connectivity index (χ1) is 9.36. The summed E-state index contributed by atoms with van der Waals surface area (Å²) in [6.07, 6.45) is -1.85. The highest BCUT2D eigenvalue weighted by Crippen LogP contribution is 2.40. The monoisotopic (exact) mass is 305 g/mol. The number of rotatable bonds is 3. The van der Waals surface area contributed by atoms with E-state index >= 15 is 0 Å². The van der Waals surface area contributed by atoms with Gasteiger partial charge in [-0.25, -0.2) is 0 Å². The van der Waals surface area contributed by atoms with Crippen molar-refractivity contribution in [1.29, 1.82) is 0 Å². The lowest BCUT2D eigenvalue weighted by Gasteiger charge is -2.33. The van der Waals surface area contributed by atoms with Gasteiger partial charge in [-0.1, -0.05) is 23.7 Å². The number of benzene rings is 1. The molecule has 2 N–H and O–H groups in total. The molecule has 1 nitrogen and oxygen atoms in total. The first kappa shape index (κ1) is 15.6. The molecular formula is C15H19ClF3N. The van der Waals surface area contributed by atoms with Crippen molar-refractivity contribution < 1.29 is 13.2 Å². The second kappa shape index (κ2) is 6.35. The van der Waals surface area contributed by atoms with Crippen LogP contribution >= 0.6 is 11.6 Å². The zero-order chi connectivity index (χ0) is 14.8. The molecule has 0 radical (unpaired) electrons. The third-order valence-corrected chi connectivity index (χ3v) is 4.44. The maximum absolute atomic E-state index is 12.6. The summed E-state index contributed by atoms with van der Waals surface area (Å²) in [6.45, 7) is 0. The van der Waals surface area contributed by atoms with Crippen LogP contribution in [0.2, 0.25) is 5.02 Å². The fourth-order valence-corrected chi connectivity index (χ4v) is 3.19. The molecule has 1 aromatic carbocycles. The van der Waals surface area contributed by atoms with E-state index in [9.17, 15) is 13.2 Å². The van der Waals surface area contributed by atoms with Crippen LogP contribution in [0.5, 0.6) is 0 Å². The molecule has 0 saturated heterocycles. The Morgan fingerprint density at radius 1 is 1.20 bits per heavy atom. The van der Waals surface area contributed by atoms with Gasteiger partial charge < -0.3 is 5.73 Å². The Morgan fingerprint density at radius 3 is 2.40 bits per heavy atom. The predicted octanol–water partition coefficient (Wildman–Crippen LogP) is 4.58. The minimum atomic E-state index is -4.05. The summed E-state index contributed by atoms with van der Waals surface area (Å²) in [5.74, 6) is -0.968. The van der Waals surface area contributed by atoms with Crippen LogP contribution in [-0.4, -0.2) is 12.2 Å². The Balaban J connectivity index is 1.87. The fraction of sp³-hybridized carbons (Fsp3) is 0.600. The molecule has 0 bridgehead atoms. The van der Waals surface area contributed by atoms with Crippen LogP contribution in [-0.2, 0) is 6.42 Å². The highest BCUT2D eigenvalue weighted by atomic mass is 35.5. The van der Waals surface area contributed by atoms with Crippen molar-refractivity contribution in [3.63, 3.8) is 0 Å². The molecule has 1 atom stereocenters. The summed E-state index contributed by atoms with van der Waals surface area (Å²) in [5.41, 5.74) is 7.21. The van der Waals surface area contributed by atoms with Crippen molar-refractivity contribution in [2.75, 3.05) is 0 Å². The normalized spacial score (nSPS) is 25.4. The average Bonchev–Trinajstić information content (AvgIpc) is 2.38. The maximum atomic E-state index is 12.6. The third kappa shape index (κ3) is 4.13. The molecule has 1 aromatic rings. The lowest BCUT2D eigenvalue weighted by Crippen LogP contribution is -2.37. The van der Waals surface area contributed by atoms with Gasteiger partial charge in [-0.3, -0.25) is 0 Å². The minimum absolute atomic E-state index is 0.0948. The summed E-state index contributed by atoms with van der Waals surface area (Å²) < 4.78 is 37.8. The molecule has 1 fully saturated rings. The molecule has 1 aliphatic carbocycles. The zero-order valence-electron chi connectivity index (χ0n) is 11.2. The van der Waals surface area contributed by atoms with Crippen molar-refractivity contribution >= 4 is 11.6 Å². The average molecular weight is 306 g/mol. The van der Waals surface area contributed by atoms with Gasteiger partial charge in [-0.05, 0) is 55.7 Å². The van der Waals surface area contributed by atoms with Crippen molar-refractivity contribution in [2.24, 2.45) is 17.6 Å². The minimum Gasteiger partial charge on any atom is -0.327 e. The van der Waals surface area contributed by atoms with Crippen molar-refractivity contribution in [2.45, 2.75) is 44.3 Å². The quantitative estimate of drug-likeness (QED) is 0.869. The summed E-state index contributed by atoms with van der Waals surface area (Å²) in [7, 11) is 0. The van der Waals surface area contributed by atoms with E-state index in [1.165, 1.54) is 0 Å². The van der Waals surface area contributed by atoms with Crippen LogP contribution in [0.4, 0.5) is 13.2 Å². The molecule has 0 aromatic heterocycles. The Bertz CT molecular complexity index is 439. The highest BCUT2D eigenvalue weighted by molar-refractivity contribution is 6.30. The predicted molar refractivity (Wildman–Crippen MR) is 74.6 cm³/mol. The Morgan fingerprint density at radius 2 is 1.85 bits per heavy atom. The third-order valence-electron chi connectivity index (χ3n) is 4.20. The van der Waals surface area contributed by atoms with Crippen molar-refractivity contribution in [1.82, 2.24) is 0 Å². The number of halogens is 4. The number of alkyl halides is 3. The lowest BCUT2D eigenvalue weighted by atomic mass is 9.77. The molecule has 1 unspecified atom stereocenters. The van der Waals surface area contributed by atoms with E-state index in [2.05, 4.69) is 0 Å². The topological polar surface area (TPSA) is 26.0 Å². The number of hydrogen-bond donors (Lipinski definition) is 1. The van der Waals surface area contributed by atoms with Gasteiger partial charge in [-0.2, -0.15) is 13.2 Å². The molecule has 0 spiro atoms. The Labute approximate surface area is 122 Å². The smallest absolute Gasteiger partial charge is 0.327 e. The van der Waals surface area contributed by atoms with Crippen LogP contribution in [0.15, 0.2) is 24.3 Å². The van der Waals surface area contributed by atoms with Gasteiger partial charge in [0.05, 0.1) is 5.92 Å². The standard InChI is InChI=1S/C15H19ClF3N/c16-13-3-1-2-10(8-13)9-14(20)11-4-6-12(7-5-11)15(17,18)19/h1-3,8,11-12,14H,4-7,9,20H2. The molecule has 1 saturated carbocycles. The van der Waals surface area contributed by atoms with E-state index in [0.717, 1.165) is 5.56 Å². The summed E-state index contributed by atoms with van der Waals surface area (Å²) in [6, 6.07) is 7.38. The molecule has 2 rings (SSSR count). The number of hydrogen-bond acceptors (Lipinski definition) is 1. The molecule has 0 amide bonds. The molecule has 1 aliphatic rings. The van der Waals surface area contributed by atoms with E-state index in [4.69, 9.17) is 17.3 Å². The molecular weight excluding hydrogens is 287 g/mol. The van der Waals surface area contributed by atoms with Crippen LogP contribution in [0, 0.1) is 11.8 Å². The number of nitrogens with two attached hydrogens (primary N) is 1.